The van der Waals surface area contributed by atoms with Gasteiger partial charge in [0, 0.05) is 33.2 Å². The molecule has 0 aromatic heterocycles. The second-order valence-corrected chi connectivity index (χ2v) is 17.4. The van der Waals surface area contributed by atoms with Crippen LogP contribution < -0.4 is 9.80 Å². The maximum absolute atomic E-state index is 10.2. The smallest absolute Gasteiger partial charge is 0.0992 e. The summed E-state index contributed by atoms with van der Waals surface area (Å²) in [4.78, 5) is 4.66. The molecule has 1 spiro atoms. The molecule has 13 rings (SSSR count). The first kappa shape index (κ1) is 38.3. The maximum atomic E-state index is 10.2. The molecule has 0 saturated carbocycles. The van der Waals surface area contributed by atoms with Crippen molar-refractivity contribution in [1.82, 2.24) is 0 Å². The molecule has 4 heteroatoms. The molecule has 4 nitrogen and oxygen atoms in total. The molecule has 0 bridgehead atoms. The van der Waals surface area contributed by atoms with Crippen LogP contribution in [0, 0.1) is 22.7 Å². The Morgan fingerprint density at radius 1 is 0.313 bits per heavy atom. The minimum absolute atomic E-state index is 0.601. The Balaban J connectivity index is 1.14. The molecule has 0 heterocycles. The minimum Gasteiger partial charge on any atom is -0.310 e. The highest BCUT2D eigenvalue weighted by Gasteiger charge is 2.50. The molecule has 0 aliphatic heterocycles. The molecular formula is C63H38N4. The highest BCUT2D eigenvalue weighted by Crippen LogP contribution is 2.63. The summed E-state index contributed by atoms with van der Waals surface area (Å²) in [5.74, 6) is 0. The lowest BCUT2D eigenvalue weighted by atomic mass is 9.61. The molecule has 67 heavy (non-hydrogen) atoms. The predicted molar refractivity (Wildman–Crippen MR) is 274 cm³/mol. The first-order valence-corrected chi connectivity index (χ1v) is 22.6. The number of anilines is 6. The quantitative estimate of drug-likeness (QED) is 0.167. The van der Waals surface area contributed by atoms with Crippen molar-refractivity contribution in [1.29, 1.82) is 10.5 Å². The van der Waals surface area contributed by atoms with E-state index < -0.39 is 5.41 Å². The fourth-order valence-corrected chi connectivity index (χ4v) is 11.4. The molecule has 0 atom stereocenters. The molecular weight excluding hydrogens is 813 g/mol. The number of nitriles is 2. The van der Waals surface area contributed by atoms with Crippen molar-refractivity contribution in [3.63, 3.8) is 0 Å². The molecule has 2 aliphatic carbocycles. The van der Waals surface area contributed by atoms with Gasteiger partial charge in [-0.2, -0.15) is 10.5 Å². The molecule has 11 aromatic rings. The van der Waals surface area contributed by atoms with Gasteiger partial charge in [-0.05, 0) is 127 Å². The van der Waals surface area contributed by atoms with Crippen LogP contribution in [0.2, 0.25) is 0 Å². The summed E-state index contributed by atoms with van der Waals surface area (Å²) in [6.07, 6.45) is 0. The fraction of sp³-hybridized carbons (Fsp3) is 0.0159. The third kappa shape index (κ3) is 5.58. The number of hydrogen-bond donors (Lipinski definition) is 0. The summed E-state index contributed by atoms with van der Waals surface area (Å²) in [6.45, 7) is 0. The van der Waals surface area contributed by atoms with Crippen LogP contribution in [-0.2, 0) is 5.41 Å². The Morgan fingerprint density at radius 3 is 1.40 bits per heavy atom. The Bertz CT molecular complexity index is 3890. The number of hydrogen-bond acceptors (Lipinski definition) is 4. The van der Waals surface area contributed by atoms with Crippen molar-refractivity contribution in [3.8, 4) is 34.4 Å². The zero-order chi connectivity index (χ0) is 44.6. The highest BCUT2D eigenvalue weighted by atomic mass is 15.2. The SMILES string of the molecule is N#Cc1cccc(N(c2ccc3c(c2)C2(c4ccccc4-c4ccccc42)c2cccc4c(N(c5cccc(C#N)c5)c5cccc6ccccc56)ccc-3c24)c2cccc3ccccc23)c1. The number of benzene rings is 11. The summed E-state index contributed by atoms with van der Waals surface area (Å²) in [5.41, 5.74) is 16.1. The molecule has 0 radical (unpaired) electrons. The van der Waals surface area contributed by atoms with Crippen LogP contribution in [0.4, 0.5) is 34.1 Å². The van der Waals surface area contributed by atoms with Crippen LogP contribution in [0.15, 0.2) is 231 Å². The predicted octanol–water partition coefficient (Wildman–Crippen LogP) is 16.2. The van der Waals surface area contributed by atoms with E-state index in [2.05, 4.69) is 216 Å². The largest absolute Gasteiger partial charge is 0.310 e. The normalized spacial score (nSPS) is 12.6. The van der Waals surface area contributed by atoms with E-state index in [4.69, 9.17) is 0 Å². The van der Waals surface area contributed by atoms with Gasteiger partial charge in [-0.15, -0.1) is 0 Å². The number of nitrogens with zero attached hydrogens (tertiary/aromatic N) is 4. The zero-order valence-electron chi connectivity index (χ0n) is 36.2. The van der Waals surface area contributed by atoms with E-state index in [1.54, 1.807) is 0 Å². The van der Waals surface area contributed by atoms with Crippen molar-refractivity contribution in [2.45, 2.75) is 5.41 Å². The Hall–Kier alpha value is -9.22. The number of fused-ring (bicyclic) bond motifs is 11. The van der Waals surface area contributed by atoms with Crippen molar-refractivity contribution in [2.75, 3.05) is 9.80 Å². The van der Waals surface area contributed by atoms with E-state index in [9.17, 15) is 10.5 Å². The average molecular weight is 851 g/mol. The van der Waals surface area contributed by atoms with E-state index in [1.165, 1.54) is 38.8 Å². The van der Waals surface area contributed by atoms with Crippen molar-refractivity contribution in [2.24, 2.45) is 0 Å². The van der Waals surface area contributed by atoms with Gasteiger partial charge in [-0.3, -0.25) is 0 Å². The van der Waals surface area contributed by atoms with Crippen LogP contribution in [0.3, 0.4) is 0 Å². The summed E-state index contributed by atoms with van der Waals surface area (Å²) in [7, 11) is 0. The molecule has 0 saturated heterocycles. The minimum atomic E-state index is -0.701. The van der Waals surface area contributed by atoms with Crippen LogP contribution in [0.25, 0.3) is 54.6 Å². The van der Waals surface area contributed by atoms with Crippen LogP contribution >= 0.6 is 0 Å². The lowest BCUT2D eigenvalue weighted by molar-refractivity contribution is 0.773. The van der Waals surface area contributed by atoms with E-state index in [1.807, 2.05) is 36.4 Å². The second-order valence-electron chi connectivity index (χ2n) is 17.4. The van der Waals surface area contributed by atoms with E-state index in [0.29, 0.717) is 11.1 Å². The van der Waals surface area contributed by atoms with E-state index >= 15 is 0 Å². The van der Waals surface area contributed by atoms with Gasteiger partial charge in [0.2, 0.25) is 0 Å². The zero-order valence-corrected chi connectivity index (χ0v) is 36.2. The van der Waals surface area contributed by atoms with E-state index in [-0.39, 0.29) is 0 Å². The number of rotatable bonds is 6. The first-order chi connectivity index (χ1) is 33.1. The first-order valence-electron chi connectivity index (χ1n) is 22.6. The third-order valence-corrected chi connectivity index (χ3v) is 14.1. The molecule has 0 N–H and O–H groups in total. The lowest BCUT2D eigenvalue weighted by Gasteiger charge is -2.41. The van der Waals surface area contributed by atoms with E-state index in [0.717, 1.165) is 72.2 Å². The summed E-state index contributed by atoms with van der Waals surface area (Å²) in [5, 5.41) is 27.2. The van der Waals surface area contributed by atoms with Crippen LogP contribution in [0.5, 0.6) is 0 Å². The summed E-state index contributed by atoms with van der Waals surface area (Å²) < 4.78 is 0. The van der Waals surface area contributed by atoms with Crippen molar-refractivity contribution >= 4 is 66.4 Å². The van der Waals surface area contributed by atoms with Gasteiger partial charge in [0.1, 0.15) is 0 Å². The van der Waals surface area contributed by atoms with Gasteiger partial charge in [-0.1, -0.05) is 164 Å². The third-order valence-electron chi connectivity index (χ3n) is 14.1. The Labute approximate surface area is 388 Å². The molecule has 0 fully saturated rings. The topological polar surface area (TPSA) is 54.1 Å². The van der Waals surface area contributed by atoms with Crippen LogP contribution in [0.1, 0.15) is 33.4 Å². The fourth-order valence-electron chi connectivity index (χ4n) is 11.4. The standard InChI is InChI=1S/C63H38N4/c64-39-41-14-9-20-45(36-41)66(59-30-11-18-43-16-1-3-22-48(43)59)47-32-33-52-53-34-35-61(67(46-21-10-15-42(37-46)40-65)60-31-12-19-44-17-2-4-23-49(44)60)54-26-13-29-57(62(53)54)63(58(52)38-47)55-27-7-5-24-50(55)51-25-6-8-28-56(51)63/h1-38H. The Morgan fingerprint density at radius 2 is 0.761 bits per heavy atom. The Kier molecular flexibility index (Phi) is 8.52. The van der Waals surface area contributed by atoms with Gasteiger partial charge in [0.25, 0.3) is 0 Å². The highest BCUT2D eigenvalue weighted by molar-refractivity contribution is 6.14. The van der Waals surface area contributed by atoms with Crippen molar-refractivity contribution in [3.05, 3.63) is 264 Å². The lowest BCUT2D eigenvalue weighted by Crippen LogP contribution is -2.32. The summed E-state index contributed by atoms with van der Waals surface area (Å²) >= 11 is 0. The van der Waals surface area contributed by atoms with Gasteiger partial charge < -0.3 is 9.80 Å². The molecule has 0 amide bonds. The maximum Gasteiger partial charge on any atom is 0.0992 e. The monoisotopic (exact) mass is 850 g/mol. The summed E-state index contributed by atoms with van der Waals surface area (Å²) in [6, 6.07) is 87.0. The molecule has 310 valence electrons. The second kappa shape index (κ2) is 14.9. The van der Waals surface area contributed by atoms with Crippen molar-refractivity contribution < 1.29 is 0 Å². The molecule has 2 aliphatic rings. The van der Waals surface area contributed by atoms with Gasteiger partial charge >= 0.3 is 0 Å². The van der Waals surface area contributed by atoms with Crippen LogP contribution in [-0.4, -0.2) is 0 Å². The van der Waals surface area contributed by atoms with Gasteiger partial charge in [0.15, 0.2) is 0 Å². The molecule has 11 aromatic carbocycles. The molecule has 0 unspecified atom stereocenters. The average Bonchev–Trinajstić information content (AvgIpc) is 3.69. The van der Waals surface area contributed by atoms with Gasteiger partial charge in [-0.25, -0.2) is 0 Å². The van der Waals surface area contributed by atoms with Gasteiger partial charge in [0.05, 0.1) is 45.7 Å².